The summed E-state index contributed by atoms with van der Waals surface area (Å²) in [6.07, 6.45) is 10.00. The molecule has 0 radical (unpaired) electrons. The van der Waals surface area contributed by atoms with Crippen LogP contribution in [-0.2, 0) is 13.0 Å². The normalized spacial score (nSPS) is 21.0. The maximum absolute atomic E-state index is 6.42. The Hall–Kier alpha value is -4.37. The van der Waals surface area contributed by atoms with Gasteiger partial charge in [-0.3, -0.25) is 15.4 Å². The number of hydrogen-bond acceptors (Lipinski definition) is 7. The molecule has 180 valence electrons. The molecule has 36 heavy (non-hydrogen) atoms. The largest absolute Gasteiger partial charge is 0.493 e. The van der Waals surface area contributed by atoms with Gasteiger partial charge in [-0.2, -0.15) is 10.2 Å². The monoisotopic (exact) mass is 479 g/mol. The van der Waals surface area contributed by atoms with E-state index in [1.807, 2.05) is 36.4 Å². The van der Waals surface area contributed by atoms with E-state index >= 15 is 0 Å². The van der Waals surface area contributed by atoms with Crippen LogP contribution in [0.2, 0.25) is 0 Å². The van der Waals surface area contributed by atoms with Gasteiger partial charge in [-0.25, -0.2) is 0 Å². The molecule has 2 aromatic carbocycles. The van der Waals surface area contributed by atoms with Gasteiger partial charge in [0.2, 0.25) is 0 Å². The van der Waals surface area contributed by atoms with Gasteiger partial charge in [-0.15, -0.1) is 0 Å². The number of hydrazone groups is 1. The van der Waals surface area contributed by atoms with Crippen LogP contribution in [0.1, 0.15) is 23.2 Å². The summed E-state index contributed by atoms with van der Waals surface area (Å²) in [6, 6.07) is 14.1. The number of nitrogens with one attached hydrogen (secondary N) is 2. The molecule has 4 aromatic rings. The molecule has 2 aromatic heterocycles. The first-order valence-electron chi connectivity index (χ1n) is 12.1. The molecule has 4 heterocycles. The Bertz CT molecular complexity index is 1550. The van der Waals surface area contributed by atoms with Crippen LogP contribution >= 0.6 is 0 Å². The molecule has 4 N–H and O–H groups in total. The zero-order valence-electron chi connectivity index (χ0n) is 19.6. The molecule has 1 spiro atoms. The first-order valence-corrected chi connectivity index (χ1v) is 12.1. The van der Waals surface area contributed by atoms with E-state index in [4.69, 9.17) is 15.0 Å². The molecule has 1 aliphatic carbocycles. The summed E-state index contributed by atoms with van der Waals surface area (Å²) in [5, 5.41) is 17.3. The fraction of sp³-hybridized carbons (Fsp3) is 0.222. The maximum Gasteiger partial charge on any atom is 0.150 e. The van der Waals surface area contributed by atoms with Gasteiger partial charge < -0.3 is 15.0 Å². The van der Waals surface area contributed by atoms with Crippen molar-refractivity contribution in [2.24, 2.45) is 10.8 Å². The second-order valence-electron chi connectivity index (χ2n) is 9.39. The molecule has 0 saturated heterocycles. The minimum atomic E-state index is -0.170. The predicted molar refractivity (Wildman–Crippen MR) is 136 cm³/mol. The van der Waals surface area contributed by atoms with Crippen LogP contribution in [0, 0.1) is 0 Å². The van der Waals surface area contributed by atoms with Crippen molar-refractivity contribution in [3.63, 3.8) is 0 Å². The standard InChI is InChI=1S/C27H25N7O2/c28-26(32-30-24-15-27(24)9-1-2-10-34(27)16-20-8-12-36-33-20)19-3-5-22-21(14-19)25(31-29-22)18-4-6-23-17(13-18)7-11-35-23/h1-6,8,12-15,30H,7,9-11,16H2,(H2,28,32)(H,29,31). The van der Waals surface area contributed by atoms with Crippen molar-refractivity contribution in [3.05, 3.63) is 89.5 Å². The number of hydrogen-bond donors (Lipinski definition) is 3. The van der Waals surface area contributed by atoms with E-state index < -0.39 is 0 Å². The molecule has 3 aliphatic rings. The average molecular weight is 480 g/mol. The number of aromatic amines is 1. The van der Waals surface area contributed by atoms with Gasteiger partial charge in [-0.1, -0.05) is 17.3 Å². The lowest BCUT2D eigenvalue weighted by molar-refractivity contribution is 0.186. The Labute approximate surface area is 207 Å². The third kappa shape index (κ3) is 3.47. The highest BCUT2D eigenvalue weighted by Gasteiger charge is 2.49. The topological polar surface area (TPSA) is 118 Å². The molecule has 0 bridgehead atoms. The summed E-state index contributed by atoms with van der Waals surface area (Å²) in [5.74, 6) is 1.38. The summed E-state index contributed by atoms with van der Waals surface area (Å²) in [4.78, 5) is 2.35. The Morgan fingerprint density at radius 3 is 3.08 bits per heavy atom. The minimum Gasteiger partial charge on any atom is -0.493 e. The summed E-state index contributed by atoms with van der Waals surface area (Å²) in [7, 11) is 0. The van der Waals surface area contributed by atoms with Gasteiger partial charge in [0.05, 0.1) is 34.7 Å². The van der Waals surface area contributed by atoms with Crippen LogP contribution in [0.15, 0.2) is 82.3 Å². The SMILES string of the molecule is N/C(=N\NC1=CC12CC=CCN2Cc1ccon1)c1ccc2[nH]nc(-c3ccc4c(c3)CCO4)c2c1. The van der Waals surface area contributed by atoms with E-state index in [1.165, 1.54) is 5.56 Å². The van der Waals surface area contributed by atoms with Crippen molar-refractivity contribution >= 4 is 16.7 Å². The van der Waals surface area contributed by atoms with Gasteiger partial charge in [0.15, 0.2) is 5.84 Å². The number of ether oxygens (including phenoxy) is 1. The van der Waals surface area contributed by atoms with Gasteiger partial charge in [-0.05, 0) is 54.5 Å². The van der Waals surface area contributed by atoms with Crippen LogP contribution in [0.5, 0.6) is 5.75 Å². The molecular formula is C27H25N7O2. The van der Waals surface area contributed by atoms with E-state index in [0.29, 0.717) is 12.4 Å². The van der Waals surface area contributed by atoms with E-state index in [1.54, 1.807) is 6.26 Å². The van der Waals surface area contributed by atoms with Crippen molar-refractivity contribution in [1.29, 1.82) is 0 Å². The van der Waals surface area contributed by atoms with Gasteiger partial charge in [0, 0.05) is 42.1 Å². The zero-order valence-corrected chi connectivity index (χ0v) is 19.6. The first kappa shape index (κ1) is 21.0. The average Bonchev–Trinajstić information content (AvgIpc) is 3.38. The van der Waals surface area contributed by atoms with Crippen molar-refractivity contribution in [3.8, 4) is 17.0 Å². The number of fused-ring (bicyclic) bond motifs is 2. The summed E-state index contributed by atoms with van der Waals surface area (Å²) in [5.41, 5.74) is 16.4. The Kier molecular flexibility index (Phi) is 4.71. The van der Waals surface area contributed by atoms with E-state index in [0.717, 1.165) is 70.9 Å². The highest BCUT2D eigenvalue weighted by Crippen LogP contribution is 2.44. The zero-order chi connectivity index (χ0) is 24.1. The second kappa shape index (κ2) is 8.10. The van der Waals surface area contributed by atoms with Crippen LogP contribution in [0.4, 0.5) is 0 Å². The molecule has 1 unspecified atom stereocenters. The molecule has 0 amide bonds. The van der Waals surface area contributed by atoms with Crippen LogP contribution < -0.4 is 15.9 Å². The lowest BCUT2D eigenvalue weighted by Crippen LogP contribution is -2.43. The quantitative estimate of drug-likeness (QED) is 0.168. The molecule has 2 aliphatic heterocycles. The summed E-state index contributed by atoms with van der Waals surface area (Å²) < 4.78 is 10.7. The fourth-order valence-corrected chi connectivity index (χ4v) is 5.15. The molecule has 0 fully saturated rings. The maximum atomic E-state index is 6.42. The third-order valence-electron chi connectivity index (χ3n) is 7.21. The summed E-state index contributed by atoms with van der Waals surface area (Å²) in [6.45, 7) is 2.27. The van der Waals surface area contributed by atoms with Crippen LogP contribution in [0.3, 0.4) is 0 Å². The highest BCUT2D eigenvalue weighted by molar-refractivity contribution is 6.03. The Morgan fingerprint density at radius 2 is 2.17 bits per heavy atom. The lowest BCUT2D eigenvalue weighted by Gasteiger charge is -2.34. The predicted octanol–water partition coefficient (Wildman–Crippen LogP) is 3.46. The number of benzene rings is 2. The van der Waals surface area contributed by atoms with Crippen molar-refractivity contribution in [2.75, 3.05) is 13.2 Å². The van der Waals surface area contributed by atoms with Crippen LogP contribution in [0.25, 0.3) is 22.2 Å². The molecule has 9 nitrogen and oxygen atoms in total. The minimum absolute atomic E-state index is 0.170. The number of nitrogens with two attached hydrogens (primary N) is 1. The van der Waals surface area contributed by atoms with Crippen molar-refractivity contribution in [1.82, 2.24) is 25.7 Å². The second-order valence-corrected chi connectivity index (χ2v) is 9.39. The molecule has 7 rings (SSSR count). The number of nitrogens with zero attached hydrogens (tertiary/aromatic N) is 4. The number of aromatic nitrogens is 3. The van der Waals surface area contributed by atoms with E-state index in [9.17, 15) is 0 Å². The van der Waals surface area contributed by atoms with E-state index in [2.05, 4.69) is 55.1 Å². The summed E-state index contributed by atoms with van der Waals surface area (Å²) >= 11 is 0. The van der Waals surface area contributed by atoms with Crippen LogP contribution in [-0.4, -0.2) is 44.8 Å². The van der Waals surface area contributed by atoms with Gasteiger partial charge in [0.25, 0.3) is 0 Å². The van der Waals surface area contributed by atoms with Crippen molar-refractivity contribution < 1.29 is 9.26 Å². The number of amidine groups is 1. The lowest BCUT2D eigenvalue weighted by atomic mass is 10.0. The van der Waals surface area contributed by atoms with E-state index in [-0.39, 0.29) is 5.54 Å². The molecular weight excluding hydrogens is 454 g/mol. The molecule has 1 atom stereocenters. The third-order valence-corrected chi connectivity index (χ3v) is 7.21. The van der Waals surface area contributed by atoms with Crippen molar-refractivity contribution in [2.45, 2.75) is 24.9 Å². The highest BCUT2D eigenvalue weighted by atomic mass is 16.5. The number of H-pyrrole nitrogens is 1. The first-order chi connectivity index (χ1) is 17.7. The van der Waals surface area contributed by atoms with Gasteiger partial charge >= 0.3 is 0 Å². The Morgan fingerprint density at radius 1 is 1.19 bits per heavy atom. The smallest absolute Gasteiger partial charge is 0.150 e. The molecule has 9 heteroatoms. The van der Waals surface area contributed by atoms with Gasteiger partial charge in [0.1, 0.15) is 12.0 Å². The molecule has 0 saturated carbocycles. The fourth-order valence-electron chi connectivity index (χ4n) is 5.15. The Balaban J connectivity index is 1.11. The number of rotatable bonds is 6.